The molecule has 0 bridgehead atoms. The molecule has 0 aliphatic carbocycles. The summed E-state index contributed by atoms with van der Waals surface area (Å²) in [7, 11) is 0. The van der Waals surface area contributed by atoms with E-state index in [0.717, 1.165) is 61.0 Å². The lowest BCUT2D eigenvalue weighted by Crippen LogP contribution is -2.10. The molecule has 3 nitrogen and oxygen atoms in total. The topological polar surface area (TPSA) is 21.3 Å². The van der Waals surface area contributed by atoms with Crippen molar-refractivity contribution in [2.24, 2.45) is 0 Å². The summed E-state index contributed by atoms with van der Waals surface area (Å²) in [4.78, 5) is 2.36. The third-order valence-electron chi connectivity index (χ3n) is 13.0. The van der Waals surface area contributed by atoms with Gasteiger partial charge in [-0.15, -0.1) is 0 Å². The smallest absolute Gasteiger partial charge is 0.159 e. The van der Waals surface area contributed by atoms with Gasteiger partial charge in [0.25, 0.3) is 0 Å². The molecule has 63 heavy (non-hydrogen) atoms. The lowest BCUT2D eigenvalue weighted by atomic mass is 9.94. The van der Waals surface area contributed by atoms with Gasteiger partial charge in [0.2, 0.25) is 0 Å². The summed E-state index contributed by atoms with van der Waals surface area (Å²) in [5.41, 5.74) is 13.2. The van der Waals surface area contributed by atoms with Crippen LogP contribution in [0, 0.1) is 0 Å². The minimum Gasteiger partial charge on any atom is -0.453 e. The van der Waals surface area contributed by atoms with Crippen LogP contribution in [0.3, 0.4) is 0 Å². The summed E-state index contributed by atoms with van der Waals surface area (Å²) in [6.07, 6.45) is 0. The molecule has 0 radical (unpaired) electrons. The molecular formula is C60H38N2O. The van der Waals surface area contributed by atoms with Crippen molar-refractivity contribution in [3.8, 4) is 27.9 Å². The Morgan fingerprint density at radius 1 is 0.317 bits per heavy atom. The number of nitrogens with zero attached hydrogens (tertiary/aromatic N) is 2. The maximum absolute atomic E-state index is 6.98. The molecule has 0 aliphatic heterocycles. The van der Waals surface area contributed by atoms with E-state index in [1.165, 1.54) is 60.0 Å². The van der Waals surface area contributed by atoms with E-state index in [2.05, 4.69) is 240 Å². The van der Waals surface area contributed by atoms with Crippen molar-refractivity contribution in [1.29, 1.82) is 0 Å². The fourth-order valence-corrected chi connectivity index (χ4v) is 10.0. The van der Waals surface area contributed by atoms with Crippen LogP contribution in [0.1, 0.15) is 0 Å². The highest BCUT2D eigenvalue weighted by Crippen LogP contribution is 2.45. The molecule has 0 saturated heterocycles. The van der Waals surface area contributed by atoms with E-state index in [-0.39, 0.29) is 0 Å². The summed E-state index contributed by atoms with van der Waals surface area (Å²) in [6.45, 7) is 0. The number of rotatable bonds is 6. The number of para-hydroxylation sites is 3. The molecule has 13 aromatic rings. The summed E-state index contributed by atoms with van der Waals surface area (Å²) in [5, 5.41) is 11.8. The number of hydrogen-bond donors (Lipinski definition) is 0. The lowest BCUT2D eigenvalue weighted by molar-refractivity contribution is 0.673. The van der Waals surface area contributed by atoms with E-state index in [0.29, 0.717) is 0 Å². The molecule has 0 N–H and O–H groups in total. The summed E-state index contributed by atoms with van der Waals surface area (Å²) in [6, 6.07) is 83.4. The van der Waals surface area contributed by atoms with Gasteiger partial charge in [0, 0.05) is 44.0 Å². The van der Waals surface area contributed by atoms with Gasteiger partial charge in [0.05, 0.1) is 16.7 Å². The molecular weight excluding hydrogens is 765 g/mol. The van der Waals surface area contributed by atoms with Crippen LogP contribution in [0.15, 0.2) is 235 Å². The van der Waals surface area contributed by atoms with Crippen molar-refractivity contribution < 1.29 is 4.42 Å². The Labute approximate surface area is 363 Å². The van der Waals surface area contributed by atoms with Crippen LogP contribution in [-0.2, 0) is 0 Å². The van der Waals surface area contributed by atoms with Crippen molar-refractivity contribution in [3.63, 3.8) is 0 Å². The zero-order valence-electron chi connectivity index (χ0n) is 34.2. The molecule has 0 fully saturated rings. The zero-order chi connectivity index (χ0) is 41.4. The van der Waals surface area contributed by atoms with Gasteiger partial charge in [-0.3, -0.25) is 0 Å². The van der Waals surface area contributed by atoms with Crippen molar-refractivity contribution in [2.75, 3.05) is 4.90 Å². The van der Waals surface area contributed by atoms with E-state index >= 15 is 0 Å². The van der Waals surface area contributed by atoms with E-state index in [4.69, 9.17) is 4.42 Å². The molecule has 0 spiro atoms. The van der Waals surface area contributed by atoms with Crippen molar-refractivity contribution in [2.45, 2.75) is 0 Å². The molecule has 11 aromatic carbocycles. The van der Waals surface area contributed by atoms with Crippen LogP contribution in [0.4, 0.5) is 17.1 Å². The van der Waals surface area contributed by atoms with Crippen molar-refractivity contribution in [3.05, 3.63) is 231 Å². The van der Waals surface area contributed by atoms with Gasteiger partial charge in [-0.25, -0.2) is 0 Å². The standard InChI is InChI=1S/C60H38N2O/c1-2-13-39(14-3-1)47-16-6-7-17-48(47)41-27-30-44(31-28-41)61(58-24-12-21-54-55-34-29-40-15-4-5-18-51(40)59(55)63-60(54)58)45-32-35-49-42(37-45)25-26-43-38-46(33-36-50(43)49)62-56-22-10-8-19-52(56)53-20-9-11-23-57(53)62/h1-38H. The number of aromatic nitrogens is 1. The van der Waals surface area contributed by atoms with Gasteiger partial charge in [-0.05, 0) is 110 Å². The predicted molar refractivity (Wildman–Crippen MR) is 266 cm³/mol. The Hall–Kier alpha value is -8.40. The summed E-state index contributed by atoms with van der Waals surface area (Å²) < 4.78 is 9.37. The third-order valence-corrected chi connectivity index (χ3v) is 13.0. The van der Waals surface area contributed by atoms with Crippen molar-refractivity contribution >= 4 is 93.1 Å². The summed E-state index contributed by atoms with van der Waals surface area (Å²) >= 11 is 0. The Kier molecular flexibility index (Phi) is 7.91. The van der Waals surface area contributed by atoms with E-state index in [1.54, 1.807) is 0 Å². The molecule has 0 saturated carbocycles. The molecule has 3 heteroatoms. The van der Waals surface area contributed by atoms with Crippen LogP contribution in [0.5, 0.6) is 0 Å². The van der Waals surface area contributed by atoms with Gasteiger partial charge in [-0.2, -0.15) is 0 Å². The molecule has 294 valence electrons. The molecule has 13 rings (SSSR count). The third kappa shape index (κ3) is 5.60. The first kappa shape index (κ1) is 35.4. The maximum atomic E-state index is 6.98. The molecule has 2 aromatic heterocycles. The number of hydrogen-bond acceptors (Lipinski definition) is 2. The van der Waals surface area contributed by atoms with E-state index in [9.17, 15) is 0 Å². The van der Waals surface area contributed by atoms with Gasteiger partial charge >= 0.3 is 0 Å². The second-order valence-electron chi connectivity index (χ2n) is 16.5. The average Bonchev–Trinajstić information content (AvgIpc) is 3.91. The summed E-state index contributed by atoms with van der Waals surface area (Å²) in [5.74, 6) is 0. The Bertz CT molecular complexity index is 3860. The van der Waals surface area contributed by atoms with Crippen LogP contribution in [0.25, 0.3) is 104 Å². The number of benzene rings is 11. The number of fused-ring (bicyclic) bond motifs is 11. The Balaban J connectivity index is 0.971. The van der Waals surface area contributed by atoms with Crippen molar-refractivity contribution in [1.82, 2.24) is 4.57 Å². The van der Waals surface area contributed by atoms with Crippen LogP contribution in [0.2, 0.25) is 0 Å². The minimum absolute atomic E-state index is 0.860. The fraction of sp³-hybridized carbons (Fsp3) is 0. The van der Waals surface area contributed by atoms with E-state index in [1.807, 2.05) is 0 Å². The quantitative estimate of drug-likeness (QED) is 0.156. The Morgan fingerprint density at radius 3 is 1.60 bits per heavy atom. The van der Waals surface area contributed by atoms with Gasteiger partial charge < -0.3 is 13.9 Å². The highest BCUT2D eigenvalue weighted by Gasteiger charge is 2.21. The van der Waals surface area contributed by atoms with Gasteiger partial charge in [-0.1, -0.05) is 170 Å². The largest absolute Gasteiger partial charge is 0.453 e. The molecule has 0 aliphatic rings. The lowest BCUT2D eigenvalue weighted by Gasteiger charge is -2.26. The molecule has 0 atom stereocenters. The van der Waals surface area contributed by atoms with Crippen LogP contribution in [-0.4, -0.2) is 4.57 Å². The monoisotopic (exact) mass is 802 g/mol. The van der Waals surface area contributed by atoms with E-state index < -0.39 is 0 Å². The van der Waals surface area contributed by atoms with Gasteiger partial charge in [0.1, 0.15) is 5.58 Å². The average molecular weight is 803 g/mol. The van der Waals surface area contributed by atoms with Crippen LogP contribution >= 0.6 is 0 Å². The molecule has 0 unspecified atom stereocenters. The minimum atomic E-state index is 0.860. The highest BCUT2D eigenvalue weighted by atomic mass is 16.3. The first-order valence-corrected chi connectivity index (χ1v) is 21.6. The number of furan rings is 1. The second kappa shape index (κ2) is 14.1. The second-order valence-corrected chi connectivity index (χ2v) is 16.5. The normalized spacial score (nSPS) is 11.8. The maximum Gasteiger partial charge on any atom is 0.159 e. The highest BCUT2D eigenvalue weighted by molar-refractivity contribution is 6.18. The first-order chi connectivity index (χ1) is 31.2. The molecule has 0 amide bonds. The zero-order valence-corrected chi connectivity index (χ0v) is 34.2. The Morgan fingerprint density at radius 2 is 0.857 bits per heavy atom. The van der Waals surface area contributed by atoms with Crippen LogP contribution < -0.4 is 4.90 Å². The number of anilines is 3. The molecule has 2 heterocycles. The SMILES string of the molecule is c1ccc(-c2ccccc2-c2ccc(N(c3ccc4c(ccc5cc(-n6c7ccccc7c7ccccc76)ccc54)c3)c3cccc4c3oc3c5ccccc5ccc43)cc2)cc1. The predicted octanol–water partition coefficient (Wildman–Crippen LogP) is 16.9. The fourth-order valence-electron chi connectivity index (χ4n) is 10.0. The van der Waals surface area contributed by atoms with Gasteiger partial charge in [0.15, 0.2) is 5.58 Å². The first-order valence-electron chi connectivity index (χ1n) is 21.6.